The first-order valence-electron chi connectivity index (χ1n) is 9.30. The molecule has 34 heavy (non-hydrogen) atoms. The number of alkyl halides is 1. The molecule has 4 N–H and O–H groups in total. The molecule has 0 saturated carbocycles. The minimum Gasteiger partial charge on any atom is -0.390 e. The topological polar surface area (TPSA) is 217 Å². The summed E-state index contributed by atoms with van der Waals surface area (Å²) in [6.07, 6.45) is -2.40. The zero-order valence-electron chi connectivity index (χ0n) is 18.2. The molecular weight excluding hydrogens is 530 g/mol. The number of halogens is 1. The average molecular weight is 555 g/mol. The Balaban J connectivity index is 2.11. The Labute approximate surface area is 192 Å². The minimum atomic E-state index is -5.01. The first kappa shape index (κ1) is 29.2. The van der Waals surface area contributed by atoms with Crippen LogP contribution in [0.2, 0.25) is 0 Å². The third kappa shape index (κ3) is 7.47. The van der Waals surface area contributed by atoms with Crippen molar-refractivity contribution in [1.29, 1.82) is 0 Å². The average Bonchev–Trinajstić information content (AvgIpc) is 3.08. The zero-order valence-corrected chi connectivity index (χ0v) is 20.8. The van der Waals surface area contributed by atoms with E-state index < -0.39 is 66.7 Å². The second-order valence-corrected chi connectivity index (χ2v) is 12.1. The van der Waals surface area contributed by atoms with E-state index in [1.54, 1.807) is 0 Å². The van der Waals surface area contributed by atoms with Crippen molar-refractivity contribution in [2.24, 2.45) is 5.92 Å². The Morgan fingerprint density at radius 3 is 2.32 bits per heavy atom. The van der Waals surface area contributed by atoms with Crippen molar-refractivity contribution < 1.29 is 59.5 Å². The van der Waals surface area contributed by atoms with E-state index in [-0.39, 0.29) is 12.4 Å². The standard InChI is InChI=1S/C14H25FN3O13P3/c1-25-32(21,22)30-34(24,27-3)31-33(23,26-2)28-8-11-9(6-15)13(19)10(29-11)7-18-5-4-12(16)17-14(18)20/h4-5,9-11,13,19H,6-8H2,1-3H3,(H,21,22)(H2,16,17,20)/t9-,10+,11-,13-,33?,34?/m1/s1. The molecule has 3 unspecified atom stereocenters. The summed E-state index contributed by atoms with van der Waals surface area (Å²) >= 11 is 0. The third-order valence-corrected chi connectivity index (χ3v) is 9.62. The molecule has 0 aromatic carbocycles. The van der Waals surface area contributed by atoms with E-state index >= 15 is 0 Å². The molecule has 1 aromatic rings. The third-order valence-electron chi connectivity index (χ3n) is 4.58. The van der Waals surface area contributed by atoms with Crippen LogP contribution in [-0.2, 0) is 51.7 Å². The first-order valence-corrected chi connectivity index (χ1v) is 13.7. The number of anilines is 1. The molecule has 196 valence electrons. The molecule has 1 saturated heterocycles. The van der Waals surface area contributed by atoms with Crippen LogP contribution in [0.25, 0.3) is 0 Å². The van der Waals surface area contributed by atoms with Crippen LogP contribution in [0.4, 0.5) is 10.2 Å². The van der Waals surface area contributed by atoms with E-state index in [9.17, 15) is 32.9 Å². The number of nitrogen functional groups attached to an aromatic ring is 1. The van der Waals surface area contributed by atoms with Gasteiger partial charge in [-0.25, -0.2) is 18.5 Å². The summed E-state index contributed by atoms with van der Waals surface area (Å²) in [6.45, 7) is -2.01. The number of phosphoric acid groups is 3. The van der Waals surface area contributed by atoms with Crippen molar-refractivity contribution in [3.63, 3.8) is 0 Å². The van der Waals surface area contributed by atoms with E-state index in [0.717, 1.165) is 25.9 Å². The maximum absolute atomic E-state index is 13.6. The number of rotatable bonds is 13. The van der Waals surface area contributed by atoms with Crippen molar-refractivity contribution in [3.05, 3.63) is 22.7 Å². The summed E-state index contributed by atoms with van der Waals surface area (Å²) in [7, 11) is -12.4. The summed E-state index contributed by atoms with van der Waals surface area (Å²) < 4.78 is 83.8. The van der Waals surface area contributed by atoms with Crippen LogP contribution >= 0.6 is 23.5 Å². The highest BCUT2D eigenvalue weighted by Crippen LogP contribution is 2.71. The van der Waals surface area contributed by atoms with Gasteiger partial charge in [-0.1, -0.05) is 0 Å². The van der Waals surface area contributed by atoms with Crippen molar-refractivity contribution in [3.8, 4) is 0 Å². The fourth-order valence-electron chi connectivity index (χ4n) is 2.82. The van der Waals surface area contributed by atoms with Crippen LogP contribution in [0, 0.1) is 5.92 Å². The number of aromatic nitrogens is 2. The minimum absolute atomic E-state index is 0.0160. The molecule has 20 heteroatoms. The molecule has 16 nitrogen and oxygen atoms in total. The van der Waals surface area contributed by atoms with Crippen LogP contribution in [0.3, 0.4) is 0 Å². The molecule has 0 spiro atoms. The maximum Gasteiger partial charge on any atom is 0.492 e. The lowest BCUT2D eigenvalue weighted by Gasteiger charge is -2.23. The van der Waals surface area contributed by atoms with Gasteiger partial charge in [0.15, 0.2) is 0 Å². The molecule has 1 aliphatic rings. The van der Waals surface area contributed by atoms with E-state index in [1.807, 2.05) is 0 Å². The summed E-state index contributed by atoms with van der Waals surface area (Å²) in [6, 6.07) is 1.34. The van der Waals surface area contributed by atoms with Gasteiger partial charge >= 0.3 is 29.2 Å². The molecule has 7 atom stereocenters. The molecule has 0 bridgehead atoms. The van der Waals surface area contributed by atoms with Gasteiger partial charge in [-0.2, -0.15) is 13.6 Å². The number of nitrogens with two attached hydrogens (primary N) is 1. The second-order valence-electron chi connectivity index (χ2n) is 6.68. The van der Waals surface area contributed by atoms with Gasteiger partial charge in [-0.3, -0.25) is 27.1 Å². The molecule has 1 aromatic heterocycles. The number of aliphatic hydroxyl groups is 1. The SMILES string of the molecule is COP(=O)(O)OP(=O)(OC)OP(=O)(OC)OC[C@H]1O[C@@H](Cn2ccc(N)nc2=O)[C@H](O)[C@@H]1CF. The highest BCUT2D eigenvalue weighted by Gasteiger charge is 2.48. The Morgan fingerprint density at radius 2 is 1.79 bits per heavy atom. The van der Waals surface area contributed by atoms with Crippen LogP contribution in [0.1, 0.15) is 0 Å². The van der Waals surface area contributed by atoms with Crippen molar-refractivity contribution >= 4 is 29.3 Å². The van der Waals surface area contributed by atoms with Crippen molar-refractivity contribution in [2.45, 2.75) is 24.9 Å². The number of phosphoric ester groups is 2. The largest absolute Gasteiger partial charge is 0.492 e. The lowest BCUT2D eigenvalue weighted by molar-refractivity contribution is -0.0207. The van der Waals surface area contributed by atoms with Crippen molar-refractivity contribution in [1.82, 2.24) is 9.55 Å². The molecule has 0 amide bonds. The van der Waals surface area contributed by atoms with Crippen LogP contribution < -0.4 is 11.4 Å². The Hall–Kier alpha value is -1.06. The van der Waals surface area contributed by atoms with Gasteiger partial charge in [-0.05, 0) is 6.07 Å². The highest BCUT2D eigenvalue weighted by atomic mass is 31.3. The van der Waals surface area contributed by atoms with Gasteiger partial charge in [0.2, 0.25) is 0 Å². The van der Waals surface area contributed by atoms with Gasteiger partial charge in [0.1, 0.15) is 11.9 Å². The lowest BCUT2D eigenvalue weighted by atomic mass is 9.98. The Morgan fingerprint density at radius 1 is 1.15 bits per heavy atom. The molecular formula is C14H25FN3O13P3. The number of nitrogens with zero attached hydrogens (tertiary/aromatic N) is 2. The summed E-state index contributed by atoms with van der Waals surface area (Å²) in [5, 5.41) is 10.4. The summed E-state index contributed by atoms with van der Waals surface area (Å²) in [5.74, 6) is -1.19. The van der Waals surface area contributed by atoms with Gasteiger partial charge in [0, 0.05) is 33.4 Å². The predicted molar refractivity (Wildman–Crippen MR) is 111 cm³/mol. The Kier molecular flexibility index (Phi) is 10.1. The fourth-order valence-corrected chi connectivity index (χ4v) is 6.89. The highest BCUT2D eigenvalue weighted by molar-refractivity contribution is 7.67. The fraction of sp³-hybridized carbons (Fsp3) is 0.714. The predicted octanol–water partition coefficient (Wildman–Crippen LogP) is 0.845. The maximum atomic E-state index is 13.6. The molecule has 2 heterocycles. The number of aliphatic hydroxyl groups excluding tert-OH is 1. The molecule has 0 radical (unpaired) electrons. The van der Waals surface area contributed by atoms with Crippen molar-refractivity contribution in [2.75, 3.05) is 40.3 Å². The van der Waals surface area contributed by atoms with Gasteiger partial charge in [-0.15, -0.1) is 0 Å². The lowest BCUT2D eigenvalue weighted by Crippen LogP contribution is -2.35. The van der Waals surface area contributed by atoms with Crippen LogP contribution in [0.15, 0.2) is 17.1 Å². The monoisotopic (exact) mass is 555 g/mol. The molecule has 0 aliphatic carbocycles. The molecule has 1 aliphatic heterocycles. The summed E-state index contributed by atoms with van der Waals surface area (Å²) in [5.41, 5.74) is 4.70. The normalized spacial score (nSPS) is 28.2. The molecule has 2 rings (SSSR count). The Bertz CT molecular complexity index is 1040. The second kappa shape index (κ2) is 11.8. The van der Waals surface area contributed by atoms with E-state index in [0.29, 0.717) is 0 Å². The zero-order chi connectivity index (χ0) is 25.7. The van der Waals surface area contributed by atoms with Gasteiger partial charge in [0.05, 0.1) is 32.0 Å². The summed E-state index contributed by atoms with van der Waals surface area (Å²) in [4.78, 5) is 24.8. The first-order chi connectivity index (χ1) is 15.8. The molecule has 1 fully saturated rings. The van der Waals surface area contributed by atoms with Crippen LogP contribution in [-0.4, -0.2) is 72.5 Å². The number of hydrogen-bond donors (Lipinski definition) is 3. The quantitative estimate of drug-likeness (QED) is 0.287. The van der Waals surface area contributed by atoms with E-state index in [1.165, 1.54) is 12.3 Å². The van der Waals surface area contributed by atoms with E-state index in [2.05, 4.69) is 27.2 Å². The van der Waals surface area contributed by atoms with Gasteiger partial charge < -0.3 is 20.5 Å². The van der Waals surface area contributed by atoms with Crippen LogP contribution in [0.5, 0.6) is 0 Å². The number of hydrogen-bond acceptors (Lipinski definition) is 14. The number of ether oxygens (including phenoxy) is 1. The smallest absolute Gasteiger partial charge is 0.390 e. The van der Waals surface area contributed by atoms with E-state index in [4.69, 9.17) is 15.0 Å². The van der Waals surface area contributed by atoms with Gasteiger partial charge in [0.25, 0.3) is 0 Å².